The highest BCUT2D eigenvalue weighted by Gasteiger charge is 2.48. The average Bonchev–Trinajstić information content (AvgIpc) is 2.21. The van der Waals surface area contributed by atoms with Crippen LogP contribution in [-0.4, -0.2) is 13.9 Å². The summed E-state index contributed by atoms with van der Waals surface area (Å²) < 4.78 is 74.4. The summed E-state index contributed by atoms with van der Waals surface area (Å²) in [7, 11) is -5.84. The molecule has 0 aliphatic rings. The molecule has 0 bridgehead atoms. The molecule has 0 fully saturated rings. The number of hydrogen-bond acceptors (Lipinski definition) is 3. The van der Waals surface area contributed by atoms with Crippen molar-refractivity contribution < 1.29 is 30.2 Å². The van der Waals surface area contributed by atoms with Gasteiger partial charge < -0.3 is 4.18 Å². The summed E-state index contributed by atoms with van der Waals surface area (Å²) >= 11 is 0. The highest BCUT2D eigenvalue weighted by Crippen LogP contribution is 2.28. The Morgan fingerprint density at radius 2 is 1.89 bits per heavy atom. The topological polar surface area (TPSA) is 43.4 Å². The maximum atomic E-state index is 13.3. The van der Waals surface area contributed by atoms with Crippen LogP contribution in [0.3, 0.4) is 0 Å². The first-order chi connectivity index (χ1) is 8.17. The SMILES string of the molecule is CCCc1ccc(OS(=O)(=O)C(F)(F)F)c(F)c1. The van der Waals surface area contributed by atoms with Crippen LogP contribution in [0.5, 0.6) is 5.75 Å². The Kier molecular flexibility index (Phi) is 4.20. The van der Waals surface area contributed by atoms with Crippen molar-refractivity contribution in [1.82, 2.24) is 0 Å². The van der Waals surface area contributed by atoms with E-state index >= 15 is 0 Å². The fourth-order valence-corrected chi connectivity index (χ4v) is 1.69. The largest absolute Gasteiger partial charge is 0.534 e. The van der Waals surface area contributed by atoms with Gasteiger partial charge in [0.25, 0.3) is 0 Å². The first-order valence-corrected chi connectivity index (χ1v) is 6.37. The number of aryl methyl sites for hydroxylation is 1. The van der Waals surface area contributed by atoms with Crippen molar-refractivity contribution in [1.29, 1.82) is 0 Å². The third-order valence-corrected chi connectivity index (χ3v) is 2.98. The van der Waals surface area contributed by atoms with Crippen molar-refractivity contribution in [2.24, 2.45) is 0 Å². The number of rotatable bonds is 4. The minimum absolute atomic E-state index is 0.531. The van der Waals surface area contributed by atoms with Gasteiger partial charge in [-0.2, -0.15) is 21.6 Å². The van der Waals surface area contributed by atoms with Crippen molar-refractivity contribution in [2.45, 2.75) is 25.3 Å². The maximum Gasteiger partial charge on any atom is 0.534 e. The normalized spacial score (nSPS) is 12.5. The molecule has 0 N–H and O–H groups in total. The summed E-state index contributed by atoms with van der Waals surface area (Å²) in [5.41, 5.74) is -5.03. The second-order valence-corrected chi connectivity index (χ2v) is 5.04. The molecular formula is C10H10F4O3S. The van der Waals surface area contributed by atoms with Gasteiger partial charge in [-0.05, 0) is 24.1 Å². The molecule has 1 aromatic carbocycles. The Hall–Kier alpha value is -1.31. The van der Waals surface area contributed by atoms with Gasteiger partial charge in [0.15, 0.2) is 11.6 Å². The van der Waals surface area contributed by atoms with Gasteiger partial charge in [0.2, 0.25) is 0 Å². The van der Waals surface area contributed by atoms with E-state index in [2.05, 4.69) is 4.18 Å². The first-order valence-electron chi connectivity index (χ1n) is 4.96. The zero-order valence-electron chi connectivity index (χ0n) is 9.29. The fraction of sp³-hybridized carbons (Fsp3) is 0.400. The van der Waals surface area contributed by atoms with Crippen molar-refractivity contribution >= 4 is 10.1 Å². The molecule has 0 heterocycles. The molecule has 102 valence electrons. The van der Waals surface area contributed by atoms with Gasteiger partial charge in [-0.1, -0.05) is 19.4 Å². The molecule has 8 heteroatoms. The van der Waals surface area contributed by atoms with Crippen LogP contribution in [0.2, 0.25) is 0 Å². The van der Waals surface area contributed by atoms with Crippen LogP contribution in [0, 0.1) is 5.82 Å². The molecule has 0 atom stereocenters. The van der Waals surface area contributed by atoms with E-state index in [0.717, 1.165) is 18.6 Å². The quantitative estimate of drug-likeness (QED) is 0.485. The molecule has 0 aromatic heterocycles. The predicted molar refractivity (Wildman–Crippen MR) is 56.0 cm³/mol. The number of benzene rings is 1. The maximum absolute atomic E-state index is 13.3. The van der Waals surface area contributed by atoms with Crippen molar-refractivity contribution in [3.63, 3.8) is 0 Å². The molecule has 0 aliphatic heterocycles. The van der Waals surface area contributed by atoms with E-state index in [0.29, 0.717) is 12.0 Å². The van der Waals surface area contributed by atoms with E-state index < -0.39 is 27.2 Å². The second-order valence-electron chi connectivity index (χ2n) is 3.50. The highest BCUT2D eigenvalue weighted by atomic mass is 32.2. The van der Waals surface area contributed by atoms with E-state index in [4.69, 9.17) is 0 Å². The Bertz CT molecular complexity index is 522. The molecule has 0 saturated carbocycles. The smallest absolute Gasteiger partial charge is 0.373 e. The van der Waals surface area contributed by atoms with Crippen molar-refractivity contribution in [3.8, 4) is 5.75 Å². The lowest BCUT2D eigenvalue weighted by atomic mass is 10.1. The molecule has 0 amide bonds. The molecule has 18 heavy (non-hydrogen) atoms. The first kappa shape index (κ1) is 14.7. The van der Waals surface area contributed by atoms with E-state index in [1.165, 1.54) is 6.07 Å². The summed E-state index contributed by atoms with van der Waals surface area (Å²) in [4.78, 5) is 0. The molecule has 1 rings (SSSR count). The van der Waals surface area contributed by atoms with Crippen molar-refractivity contribution in [2.75, 3.05) is 0 Å². The summed E-state index contributed by atoms with van der Waals surface area (Å²) in [6, 6.07) is 3.13. The van der Waals surface area contributed by atoms with E-state index in [1.807, 2.05) is 6.92 Å². The van der Waals surface area contributed by atoms with Crippen LogP contribution in [0.15, 0.2) is 18.2 Å². The zero-order chi connectivity index (χ0) is 14.0. The average molecular weight is 286 g/mol. The van der Waals surface area contributed by atoms with Crippen LogP contribution in [0.25, 0.3) is 0 Å². The third kappa shape index (κ3) is 3.34. The van der Waals surface area contributed by atoms with Crippen LogP contribution in [-0.2, 0) is 16.5 Å². The molecule has 0 unspecified atom stereocenters. The van der Waals surface area contributed by atoms with Gasteiger partial charge in [0, 0.05) is 0 Å². The summed E-state index contributed by atoms with van der Waals surface area (Å²) in [5.74, 6) is -2.11. The van der Waals surface area contributed by atoms with E-state index in [1.54, 1.807) is 0 Å². The number of halogens is 4. The molecule has 3 nitrogen and oxygen atoms in total. The predicted octanol–water partition coefficient (Wildman–Crippen LogP) is 3.01. The lowest BCUT2D eigenvalue weighted by molar-refractivity contribution is -0.0500. The number of hydrogen-bond donors (Lipinski definition) is 0. The second kappa shape index (κ2) is 5.13. The Morgan fingerprint density at radius 3 is 2.33 bits per heavy atom. The minimum Gasteiger partial charge on any atom is -0.373 e. The van der Waals surface area contributed by atoms with Crippen LogP contribution >= 0.6 is 0 Å². The van der Waals surface area contributed by atoms with Gasteiger partial charge in [0.05, 0.1) is 0 Å². The molecule has 1 aromatic rings. The van der Waals surface area contributed by atoms with Crippen LogP contribution in [0.4, 0.5) is 17.6 Å². The molecule has 0 radical (unpaired) electrons. The lowest BCUT2D eigenvalue weighted by Crippen LogP contribution is -2.28. The molecule has 0 aliphatic carbocycles. The molecular weight excluding hydrogens is 276 g/mol. The van der Waals surface area contributed by atoms with Gasteiger partial charge in [-0.3, -0.25) is 0 Å². The summed E-state index contributed by atoms with van der Waals surface area (Å²) in [6.07, 6.45) is 1.25. The van der Waals surface area contributed by atoms with Gasteiger partial charge in [0.1, 0.15) is 0 Å². The lowest BCUT2D eigenvalue weighted by Gasteiger charge is -2.10. The van der Waals surface area contributed by atoms with E-state index in [-0.39, 0.29) is 0 Å². The standard InChI is InChI=1S/C10H10F4O3S/c1-2-3-7-4-5-9(8(11)6-7)17-18(15,16)10(12,13)14/h4-6H,2-3H2,1H3. The molecule has 0 spiro atoms. The summed E-state index contributed by atoms with van der Waals surface area (Å²) in [5, 5.41) is 0. The van der Waals surface area contributed by atoms with Crippen LogP contribution in [0.1, 0.15) is 18.9 Å². The minimum atomic E-state index is -5.84. The van der Waals surface area contributed by atoms with Gasteiger partial charge in [-0.25, -0.2) is 4.39 Å². The molecule has 0 saturated heterocycles. The Balaban J connectivity index is 3.00. The Labute approximate surface area is 102 Å². The van der Waals surface area contributed by atoms with Gasteiger partial charge in [-0.15, -0.1) is 0 Å². The monoisotopic (exact) mass is 286 g/mol. The van der Waals surface area contributed by atoms with Gasteiger partial charge >= 0.3 is 15.6 Å². The third-order valence-electron chi connectivity index (χ3n) is 2.02. The highest BCUT2D eigenvalue weighted by molar-refractivity contribution is 7.88. The van der Waals surface area contributed by atoms with E-state index in [9.17, 15) is 26.0 Å². The fourth-order valence-electron chi connectivity index (χ4n) is 1.22. The van der Waals surface area contributed by atoms with Crippen LogP contribution < -0.4 is 4.18 Å². The van der Waals surface area contributed by atoms with Crippen molar-refractivity contribution in [3.05, 3.63) is 29.6 Å². The Morgan fingerprint density at radius 1 is 1.28 bits per heavy atom. The summed E-state index contributed by atoms with van der Waals surface area (Å²) in [6.45, 7) is 1.84. The zero-order valence-corrected chi connectivity index (χ0v) is 10.1. The number of alkyl halides is 3.